The van der Waals surface area contributed by atoms with Crippen molar-refractivity contribution in [3.63, 3.8) is 0 Å². The van der Waals surface area contributed by atoms with Gasteiger partial charge in [-0.3, -0.25) is 5.10 Å². The molecule has 1 aromatic heterocycles. The van der Waals surface area contributed by atoms with Crippen LogP contribution in [-0.2, 0) is 6.42 Å². The summed E-state index contributed by atoms with van der Waals surface area (Å²) in [6, 6.07) is 7.47. The summed E-state index contributed by atoms with van der Waals surface area (Å²) in [6.45, 7) is 0. The van der Waals surface area contributed by atoms with Crippen molar-refractivity contribution < 1.29 is 14.6 Å². The van der Waals surface area contributed by atoms with E-state index in [4.69, 9.17) is 9.84 Å². The number of aromatic nitrogens is 2. The van der Waals surface area contributed by atoms with E-state index in [1.807, 2.05) is 24.3 Å². The third-order valence-electron chi connectivity index (χ3n) is 2.49. The molecule has 0 radical (unpaired) electrons. The van der Waals surface area contributed by atoms with Crippen LogP contribution < -0.4 is 4.74 Å². The van der Waals surface area contributed by atoms with E-state index in [1.165, 1.54) is 6.20 Å². The molecule has 2 aromatic rings. The molecular formula is C12H12N2O3. The Kier molecular flexibility index (Phi) is 3.09. The van der Waals surface area contributed by atoms with Gasteiger partial charge in [-0.2, -0.15) is 5.10 Å². The van der Waals surface area contributed by atoms with Crippen molar-refractivity contribution in [2.45, 2.75) is 6.42 Å². The molecule has 88 valence electrons. The third-order valence-corrected chi connectivity index (χ3v) is 2.49. The first-order valence-corrected chi connectivity index (χ1v) is 5.09. The van der Waals surface area contributed by atoms with E-state index in [2.05, 4.69) is 10.2 Å². The van der Waals surface area contributed by atoms with Gasteiger partial charge in [0.1, 0.15) is 11.3 Å². The molecule has 1 heterocycles. The molecule has 5 nitrogen and oxygen atoms in total. The van der Waals surface area contributed by atoms with Gasteiger partial charge in [-0.1, -0.05) is 12.1 Å². The molecule has 2 rings (SSSR count). The van der Waals surface area contributed by atoms with Crippen LogP contribution in [0.2, 0.25) is 0 Å². The Labute approximate surface area is 98.0 Å². The molecule has 1 aromatic carbocycles. The van der Waals surface area contributed by atoms with E-state index in [0.29, 0.717) is 12.1 Å². The second-order valence-electron chi connectivity index (χ2n) is 3.59. The Morgan fingerprint density at radius 3 is 2.71 bits per heavy atom. The van der Waals surface area contributed by atoms with Crippen LogP contribution in [0.5, 0.6) is 5.75 Å². The van der Waals surface area contributed by atoms with Gasteiger partial charge in [0, 0.05) is 6.42 Å². The summed E-state index contributed by atoms with van der Waals surface area (Å²) in [7, 11) is 1.60. The quantitative estimate of drug-likeness (QED) is 0.841. The molecule has 0 amide bonds. The maximum Gasteiger partial charge on any atom is 0.339 e. The van der Waals surface area contributed by atoms with Gasteiger partial charge < -0.3 is 9.84 Å². The number of hydrogen-bond acceptors (Lipinski definition) is 3. The number of ether oxygens (including phenoxy) is 1. The first-order valence-electron chi connectivity index (χ1n) is 5.09. The summed E-state index contributed by atoms with van der Waals surface area (Å²) in [5.41, 5.74) is 1.81. The van der Waals surface area contributed by atoms with Gasteiger partial charge in [-0.05, 0) is 17.7 Å². The minimum atomic E-state index is -0.970. The molecule has 0 aliphatic heterocycles. The van der Waals surface area contributed by atoms with Crippen LogP contribution >= 0.6 is 0 Å². The van der Waals surface area contributed by atoms with Crippen molar-refractivity contribution in [3.8, 4) is 5.75 Å². The van der Waals surface area contributed by atoms with Gasteiger partial charge in [-0.25, -0.2) is 4.79 Å². The molecule has 17 heavy (non-hydrogen) atoms. The molecule has 0 unspecified atom stereocenters. The summed E-state index contributed by atoms with van der Waals surface area (Å²) in [5.74, 6) is -0.195. The summed E-state index contributed by atoms with van der Waals surface area (Å²) >= 11 is 0. The molecule has 0 atom stereocenters. The summed E-state index contributed by atoms with van der Waals surface area (Å²) in [4.78, 5) is 10.9. The van der Waals surface area contributed by atoms with E-state index in [1.54, 1.807) is 7.11 Å². The van der Waals surface area contributed by atoms with Crippen molar-refractivity contribution in [3.05, 3.63) is 47.3 Å². The highest BCUT2D eigenvalue weighted by Gasteiger charge is 2.12. The van der Waals surface area contributed by atoms with E-state index < -0.39 is 5.97 Å². The van der Waals surface area contributed by atoms with E-state index in [9.17, 15) is 4.79 Å². The first-order chi connectivity index (χ1) is 8.20. The number of nitrogens with one attached hydrogen (secondary N) is 1. The van der Waals surface area contributed by atoms with Crippen LogP contribution in [0.25, 0.3) is 0 Å². The lowest BCUT2D eigenvalue weighted by molar-refractivity contribution is 0.0696. The van der Waals surface area contributed by atoms with Gasteiger partial charge in [0.2, 0.25) is 0 Å². The molecule has 2 N–H and O–H groups in total. The number of carbonyl (C=O) groups is 1. The number of hydrogen-bond donors (Lipinski definition) is 2. The Morgan fingerprint density at radius 2 is 2.12 bits per heavy atom. The Balaban J connectivity index is 2.19. The molecule has 0 spiro atoms. The number of rotatable bonds is 4. The smallest absolute Gasteiger partial charge is 0.339 e. The van der Waals surface area contributed by atoms with Crippen molar-refractivity contribution in [2.24, 2.45) is 0 Å². The monoisotopic (exact) mass is 232 g/mol. The minimum absolute atomic E-state index is 0.209. The zero-order valence-electron chi connectivity index (χ0n) is 9.30. The number of methoxy groups -OCH3 is 1. The van der Waals surface area contributed by atoms with Gasteiger partial charge >= 0.3 is 5.97 Å². The average molecular weight is 232 g/mol. The fraction of sp³-hybridized carbons (Fsp3) is 0.167. The number of carboxylic acid groups (broad SMARTS) is 1. The molecule has 0 aliphatic carbocycles. The number of carboxylic acids is 1. The van der Waals surface area contributed by atoms with Crippen LogP contribution in [0, 0.1) is 0 Å². The molecule has 0 aliphatic rings. The van der Waals surface area contributed by atoms with Crippen LogP contribution in [-0.4, -0.2) is 28.4 Å². The largest absolute Gasteiger partial charge is 0.497 e. The second-order valence-corrected chi connectivity index (χ2v) is 3.59. The number of benzene rings is 1. The lowest BCUT2D eigenvalue weighted by Gasteiger charge is -2.03. The number of H-pyrrole nitrogens is 1. The predicted molar refractivity (Wildman–Crippen MR) is 61.3 cm³/mol. The fourth-order valence-electron chi connectivity index (χ4n) is 1.58. The Bertz CT molecular complexity index is 517. The zero-order chi connectivity index (χ0) is 12.3. The van der Waals surface area contributed by atoms with E-state index in [0.717, 1.165) is 11.3 Å². The first kappa shape index (κ1) is 11.2. The van der Waals surface area contributed by atoms with Gasteiger partial charge in [0.25, 0.3) is 0 Å². The zero-order valence-corrected chi connectivity index (χ0v) is 9.30. The lowest BCUT2D eigenvalue weighted by atomic mass is 10.1. The number of nitrogens with zero attached hydrogens (tertiary/aromatic N) is 1. The molecule has 0 fully saturated rings. The standard InChI is InChI=1S/C12H12N2O3/c1-17-9-4-2-8(3-5-9)6-11-10(12(15)16)7-13-14-11/h2-5,7H,6H2,1H3,(H,13,14)(H,15,16). The lowest BCUT2D eigenvalue weighted by Crippen LogP contribution is -2.00. The fourth-order valence-corrected chi connectivity index (χ4v) is 1.58. The highest BCUT2D eigenvalue weighted by Crippen LogP contribution is 2.15. The van der Waals surface area contributed by atoms with Crippen LogP contribution in [0.1, 0.15) is 21.6 Å². The summed E-state index contributed by atoms with van der Waals surface area (Å²) < 4.78 is 5.05. The van der Waals surface area contributed by atoms with Crippen LogP contribution in [0.4, 0.5) is 0 Å². The SMILES string of the molecule is COc1ccc(Cc2[nH]ncc2C(=O)O)cc1. The molecule has 5 heteroatoms. The van der Waals surface area contributed by atoms with Gasteiger partial charge in [-0.15, -0.1) is 0 Å². The maximum atomic E-state index is 10.9. The van der Waals surface area contributed by atoms with Crippen molar-refractivity contribution >= 4 is 5.97 Å². The summed E-state index contributed by atoms with van der Waals surface area (Å²) in [5, 5.41) is 15.4. The molecule has 0 bridgehead atoms. The number of aromatic carboxylic acids is 1. The predicted octanol–water partition coefficient (Wildman–Crippen LogP) is 1.71. The summed E-state index contributed by atoms with van der Waals surface area (Å²) in [6.07, 6.45) is 1.83. The second kappa shape index (κ2) is 4.69. The van der Waals surface area contributed by atoms with Crippen molar-refractivity contribution in [1.82, 2.24) is 10.2 Å². The molecular weight excluding hydrogens is 220 g/mol. The average Bonchev–Trinajstić information content (AvgIpc) is 2.78. The van der Waals surface area contributed by atoms with Gasteiger partial charge in [0.05, 0.1) is 19.0 Å². The van der Waals surface area contributed by atoms with Crippen molar-refractivity contribution in [1.29, 1.82) is 0 Å². The van der Waals surface area contributed by atoms with E-state index >= 15 is 0 Å². The molecule has 0 saturated heterocycles. The highest BCUT2D eigenvalue weighted by atomic mass is 16.5. The van der Waals surface area contributed by atoms with Crippen LogP contribution in [0.15, 0.2) is 30.5 Å². The van der Waals surface area contributed by atoms with Crippen LogP contribution in [0.3, 0.4) is 0 Å². The van der Waals surface area contributed by atoms with Gasteiger partial charge in [0.15, 0.2) is 0 Å². The van der Waals surface area contributed by atoms with Crippen molar-refractivity contribution in [2.75, 3.05) is 7.11 Å². The number of aromatic amines is 1. The highest BCUT2D eigenvalue weighted by molar-refractivity contribution is 5.88. The maximum absolute atomic E-state index is 10.9. The Morgan fingerprint density at radius 1 is 1.41 bits per heavy atom. The molecule has 0 saturated carbocycles. The Hall–Kier alpha value is -2.30. The van der Waals surface area contributed by atoms with E-state index in [-0.39, 0.29) is 5.56 Å². The normalized spacial score (nSPS) is 10.2. The minimum Gasteiger partial charge on any atom is -0.497 e. The topological polar surface area (TPSA) is 75.2 Å². The third kappa shape index (κ3) is 2.44.